The lowest BCUT2D eigenvalue weighted by Gasteiger charge is -2.20. The van der Waals surface area contributed by atoms with E-state index in [9.17, 15) is 0 Å². The molecular formula is C16H19ClN4O. The lowest BCUT2D eigenvalue weighted by Crippen LogP contribution is -2.26. The summed E-state index contributed by atoms with van der Waals surface area (Å²) in [5.74, 6) is 0.912. The van der Waals surface area contributed by atoms with Gasteiger partial charge in [-0.25, -0.2) is 4.98 Å². The van der Waals surface area contributed by atoms with Crippen LogP contribution in [0.1, 0.15) is 5.69 Å². The Kier molecular flexibility index (Phi) is 4.36. The van der Waals surface area contributed by atoms with E-state index in [1.54, 1.807) is 7.11 Å². The molecule has 0 atom stereocenters. The first-order chi connectivity index (χ1) is 10.7. The minimum atomic E-state index is 0.664. The van der Waals surface area contributed by atoms with Crippen molar-refractivity contribution in [2.24, 2.45) is 0 Å². The summed E-state index contributed by atoms with van der Waals surface area (Å²) >= 11 is 5.98. The molecule has 0 bridgehead atoms. The van der Waals surface area contributed by atoms with Crippen LogP contribution in [0.3, 0.4) is 0 Å². The van der Waals surface area contributed by atoms with Gasteiger partial charge in [-0.3, -0.25) is 4.57 Å². The van der Waals surface area contributed by atoms with Crippen LogP contribution in [0.15, 0.2) is 30.5 Å². The van der Waals surface area contributed by atoms with Gasteiger partial charge in [0, 0.05) is 43.7 Å². The van der Waals surface area contributed by atoms with Crippen molar-refractivity contribution in [1.29, 1.82) is 0 Å². The van der Waals surface area contributed by atoms with Crippen LogP contribution >= 0.6 is 11.6 Å². The van der Waals surface area contributed by atoms with Crippen molar-refractivity contribution in [3.8, 4) is 11.3 Å². The molecule has 1 N–H and O–H groups in total. The van der Waals surface area contributed by atoms with Crippen molar-refractivity contribution in [3.05, 3.63) is 41.2 Å². The molecule has 3 rings (SSSR count). The topological polar surface area (TPSA) is 42.3 Å². The number of rotatable bonds is 5. The van der Waals surface area contributed by atoms with Crippen LogP contribution in [0.4, 0.5) is 5.95 Å². The molecule has 1 aliphatic heterocycles. The molecule has 2 aromatic rings. The molecule has 1 aromatic heterocycles. The van der Waals surface area contributed by atoms with Gasteiger partial charge >= 0.3 is 0 Å². The van der Waals surface area contributed by atoms with Gasteiger partial charge in [0.15, 0.2) is 0 Å². The Labute approximate surface area is 135 Å². The van der Waals surface area contributed by atoms with E-state index in [1.165, 1.54) is 0 Å². The van der Waals surface area contributed by atoms with Gasteiger partial charge in [0.1, 0.15) is 0 Å². The standard InChI is InChI=1S/C16H19ClN4O/c1-20(9-10-22-2)16-19-15(12-3-5-13(17)6-4-12)14-11-18-7-8-21(14)16/h3-8,18H,9-11H2,1-2H3. The van der Waals surface area contributed by atoms with Gasteiger partial charge in [-0.1, -0.05) is 23.7 Å². The van der Waals surface area contributed by atoms with E-state index < -0.39 is 0 Å². The summed E-state index contributed by atoms with van der Waals surface area (Å²) in [4.78, 5) is 6.94. The first-order valence-electron chi connectivity index (χ1n) is 7.18. The molecule has 0 saturated carbocycles. The Morgan fingerprint density at radius 1 is 1.36 bits per heavy atom. The van der Waals surface area contributed by atoms with Gasteiger partial charge in [-0.15, -0.1) is 0 Å². The SMILES string of the molecule is COCCN(C)c1nc(-c2ccc(Cl)cc2)c2n1C=CNC2. The predicted octanol–water partition coefficient (Wildman–Crippen LogP) is 2.82. The third-order valence-corrected chi connectivity index (χ3v) is 3.94. The van der Waals surface area contributed by atoms with E-state index in [2.05, 4.69) is 14.8 Å². The van der Waals surface area contributed by atoms with Gasteiger partial charge in [0.05, 0.1) is 24.5 Å². The number of anilines is 1. The highest BCUT2D eigenvalue weighted by molar-refractivity contribution is 6.30. The lowest BCUT2D eigenvalue weighted by molar-refractivity contribution is 0.206. The van der Waals surface area contributed by atoms with Gasteiger partial charge < -0.3 is 15.0 Å². The van der Waals surface area contributed by atoms with E-state index in [0.717, 1.165) is 41.0 Å². The number of nitrogens with one attached hydrogen (secondary N) is 1. The quantitative estimate of drug-likeness (QED) is 0.920. The number of fused-ring (bicyclic) bond motifs is 1. The molecule has 0 fully saturated rings. The average molecular weight is 319 g/mol. The molecule has 116 valence electrons. The van der Waals surface area contributed by atoms with Gasteiger partial charge in [0.25, 0.3) is 0 Å². The Balaban J connectivity index is 2.02. The third kappa shape index (κ3) is 2.82. The summed E-state index contributed by atoms with van der Waals surface area (Å²) < 4.78 is 7.28. The van der Waals surface area contributed by atoms with Crippen molar-refractivity contribution in [2.45, 2.75) is 6.54 Å². The highest BCUT2D eigenvalue weighted by atomic mass is 35.5. The number of hydrogen-bond acceptors (Lipinski definition) is 4. The smallest absolute Gasteiger partial charge is 0.210 e. The summed E-state index contributed by atoms with van der Waals surface area (Å²) in [6.07, 6.45) is 3.94. The molecule has 0 aliphatic carbocycles. The zero-order chi connectivity index (χ0) is 15.5. The maximum atomic E-state index is 5.98. The van der Waals surface area contributed by atoms with E-state index in [4.69, 9.17) is 21.3 Å². The van der Waals surface area contributed by atoms with Crippen LogP contribution in [0.2, 0.25) is 5.02 Å². The number of ether oxygens (including phenoxy) is 1. The summed E-state index contributed by atoms with van der Waals surface area (Å²) in [6.45, 7) is 2.20. The Bertz CT molecular complexity index is 678. The van der Waals surface area contributed by atoms with Crippen LogP contribution in [-0.4, -0.2) is 36.9 Å². The van der Waals surface area contributed by atoms with Crippen molar-refractivity contribution in [3.63, 3.8) is 0 Å². The number of methoxy groups -OCH3 is 1. The van der Waals surface area contributed by atoms with Crippen molar-refractivity contribution in [2.75, 3.05) is 32.2 Å². The Morgan fingerprint density at radius 3 is 2.86 bits per heavy atom. The minimum absolute atomic E-state index is 0.664. The Hall–Kier alpha value is -1.98. The molecule has 5 nitrogen and oxygen atoms in total. The maximum Gasteiger partial charge on any atom is 0.210 e. The fraction of sp³-hybridized carbons (Fsp3) is 0.312. The summed E-state index contributed by atoms with van der Waals surface area (Å²) in [7, 11) is 3.73. The molecule has 0 unspecified atom stereocenters. The molecule has 1 aliphatic rings. The highest BCUT2D eigenvalue weighted by Gasteiger charge is 2.20. The largest absolute Gasteiger partial charge is 0.384 e. The van der Waals surface area contributed by atoms with E-state index in [-0.39, 0.29) is 0 Å². The molecular weight excluding hydrogens is 300 g/mol. The normalized spacial score (nSPS) is 12.9. The number of hydrogen-bond donors (Lipinski definition) is 1. The Morgan fingerprint density at radius 2 is 2.14 bits per heavy atom. The molecule has 0 radical (unpaired) electrons. The van der Waals surface area contributed by atoms with Crippen molar-refractivity contribution in [1.82, 2.24) is 14.9 Å². The summed E-state index contributed by atoms with van der Waals surface area (Å²) in [5, 5.41) is 3.98. The second kappa shape index (κ2) is 6.42. The predicted molar refractivity (Wildman–Crippen MR) is 90.0 cm³/mol. The molecule has 6 heteroatoms. The van der Waals surface area contributed by atoms with Crippen molar-refractivity contribution < 1.29 is 4.74 Å². The fourth-order valence-corrected chi connectivity index (χ4v) is 2.62. The number of nitrogens with zero attached hydrogens (tertiary/aromatic N) is 3. The highest BCUT2D eigenvalue weighted by Crippen LogP contribution is 2.30. The molecule has 0 saturated heterocycles. The molecule has 0 amide bonds. The number of halogens is 1. The van der Waals surface area contributed by atoms with E-state index in [0.29, 0.717) is 6.61 Å². The fourth-order valence-electron chi connectivity index (χ4n) is 2.50. The average Bonchev–Trinajstić information content (AvgIpc) is 2.93. The van der Waals surface area contributed by atoms with Crippen molar-refractivity contribution >= 4 is 23.7 Å². The monoisotopic (exact) mass is 318 g/mol. The van der Waals surface area contributed by atoms with Gasteiger partial charge in [-0.2, -0.15) is 0 Å². The van der Waals surface area contributed by atoms with E-state index >= 15 is 0 Å². The first kappa shape index (κ1) is 14.9. The van der Waals surface area contributed by atoms with Gasteiger partial charge in [0.2, 0.25) is 5.95 Å². The number of benzene rings is 1. The zero-order valence-electron chi connectivity index (χ0n) is 12.7. The first-order valence-corrected chi connectivity index (χ1v) is 7.55. The van der Waals surface area contributed by atoms with Crippen LogP contribution < -0.4 is 10.2 Å². The molecule has 22 heavy (non-hydrogen) atoms. The third-order valence-electron chi connectivity index (χ3n) is 3.69. The van der Waals surface area contributed by atoms with Crippen LogP contribution in [0, 0.1) is 0 Å². The molecule has 2 heterocycles. The summed E-state index contributed by atoms with van der Waals surface area (Å²) in [6, 6.07) is 7.79. The second-order valence-electron chi connectivity index (χ2n) is 5.19. The lowest BCUT2D eigenvalue weighted by atomic mass is 10.1. The van der Waals surface area contributed by atoms with E-state index in [1.807, 2.05) is 43.7 Å². The number of likely N-dealkylation sites (N-methyl/N-ethyl adjacent to an activating group) is 1. The maximum absolute atomic E-state index is 5.98. The zero-order valence-corrected chi connectivity index (χ0v) is 13.5. The molecule has 0 spiro atoms. The minimum Gasteiger partial charge on any atom is -0.384 e. The van der Waals surface area contributed by atoms with Gasteiger partial charge in [-0.05, 0) is 12.1 Å². The van der Waals surface area contributed by atoms with Crippen LogP contribution in [-0.2, 0) is 11.3 Å². The number of imidazole rings is 1. The van der Waals surface area contributed by atoms with Crippen LogP contribution in [0.5, 0.6) is 0 Å². The molecule has 1 aromatic carbocycles. The number of aromatic nitrogens is 2. The van der Waals surface area contributed by atoms with Crippen LogP contribution in [0.25, 0.3) is 17.5 Å². The summed E-state index contributed by atoms with van der Waals surface area (Å²) in [5.41, 5.74) is 3.19. The second-order valence-corrected chi connectivity index (χ2v) is 5.63.